The molecule has 2 rings (SSSR count). The third kappa shape index (κ3) is 4.49. The van der Waals surface area contributed by atoms with Gasteiger partial charge in [0, 0.05) is 0 Å². The molecule has 0 aromatic heterocycles. The molecule has 0 spiro atoms. The Bertz CT molecular complexity index is 682. The molecule has 122 valence electrons. The zero-order valence-electron chi connectivity index (χ0n) is 14.1. The molecule has 0 heterocycles. The second-order valence-electron chi connectivity index (χ2n) is 5.59. The van der Waals surface area contributed by atoms with E-state index in [1.165, 1.54) is 11.1 Å². The fraction of sp³-hybridized carbons (Fsp3) is 0.316. The number of amides is 1. The maximum Gasteiger partial charge on any atom is 0.258 e. The van der Waals surface area contributed by atoms with Gasteiger partial charge in [0.1, 0.15) is 0 Å². The van der Waals surface area contributed by atoms with Crippen molar-refractivity contribution in [3.63, 3.8) is 0 Å². The van der Waals surface area contributed by atoms with Crippen molar-refractivity contribution < 1.29 is 14.3 Å². The van der Waals surface area contributed by atoms with Gasteiger partial charge in [-0.25, -0.2) is 0 Å². The third-order valence-electron chi connectivity index (χ3n) is 3.70. The molecule has 0 unspecified atom stereocenters. The number of rotatable bonds is 6. The first-order chi connectivity index (χ1) is 11.0. The van der Waals surface area contributed by atoms with Gasteiger partial charge >= 0.3 is 0 Å². The summed E-state index contributed by atoms with van der Waals surface area (Å²) in [7, 11) is 1.57. The van der Waals surface area contributed by atoms with Crippen LogP contribution < -0.4 is 14.8 Å². The summed E-state index contributed by atoms with van der Waals surface area (Å²) in [5.41, 5.74) is 3.49. The van der Waals surface area contributed by atoms with Crippen molar-refractivity contribution in [2.24, 2.45) is 0 Å². The Hall–Kier alpha value is -2.49. The smallest absolute Gasteiger partial charge is 0.258 e. The number of benzene rings is 2. The van der Waals surface area contributed by atoms with E-state index in [1.54, 1.807) is 19.2 Å². The van der Waals surface area contributed by atoms with Gasteiger partial charge in [0.05, 0.1) is 13.2 Å². The lowest BCUT2D eigenvalue weighted by Crippen LogP contribution is -2.31. The van der Waals surface area contributed by atoms with Crippen LogP contribution in [0.1, 0.15) is 29.7 Å². The topological polar surface area (TPSA) is 47.6 Å². The van der Waals surface area contributed by atoms with Gasteiger partial charge in [-0.3, -0.25) is 4.79 Å². The van der Waals surface area contributed by atoms with Crippen LogP contribution in [0.3, 0.4) is 0 Å². The van der Waals surface area contributed by atoms with Crippen LogP contribution in [0.5, 0.6) is 11.5 Å². The molecule has 0 bridgehead atoms. The number of methoxy groups -OCH3 is 1. The van der Waals surface area contributed by atoms with Gasteiger partial charge in [0.25, 0.3) is 5.91 Å². The van der Waals surface area contributed by atoms with Crippen LogP contribution in [0.15, 0.2) is 42.5 Å². The molecule has 4 heteroatoms. The van der Waals surface area contributed by atoms with Crippen molar-refractivity contribution in [1.82, 2.24) is 5.32 Å². The van der Waals surface area contributed by atoms with E-state index in [1.807, 2.05) is 19.1 Å². The highest BCUT2D eigenvalue weighted by atomic mass is 16.5. The van der Waals surface area contributed by atoms with E-state index in [0.29, 0.717) is 11.5 Å². The Morgan fingerprint density at radius 1 is 1.13 bits per heavy atom. The molecule has 0 aliphatic carbocycles. The normalized spacial score (nSPS) is 11.7. The van der Waals surface area contributed by atoms with Crippen LogP contribution in [-0.4, -0.2) is 19.6 Å². The maximum atomic E-state index is 12.1. The maximum absolute atomic E-state index is 12.1. The first-order valence-corrected chi connectivity index (χ1v) is 7.63. The van der Waals surface area contributed by atoms with Gasteiger partial charge in [0.2, 0.25) is 0 Å². The molecule has 0 aliphatic heterocycles. The predicted molar refractivity (Wildman–Crippen MR) is 91.0 cm³/mol. The molecule has 1 atom stereocenters. The molecule has 2 aromatic carbocycles. The van der Waals surface area contributed by atoms with Crippen molar-refractivity contribution in [2.45, 2.75) is 26.8 Å². The Balaban J connectivity index is 1.94. The van der Waals surface area contributed by atoms with Gasteiger partial charge in [-0.05, 0) is 44.0 Å². The Kier molecular flexibility index (Phi) is 5.63. The van der Waals surface area contributed by atoms with E-state index in [0.717, 1.165) is 5.56 Å². The van der Waals surface area contributed by atoms with Crippen LogP contribution in [0.4, 0.5) is 0 Å². The lowest BCUT2D eigenvalue weighted by molar-refractivity contribution is -0.123. The van der Waals surface area contributed by atoms with Gasteiger partial charge in [-0.2, -0.15) is 0 Å². The van der Waals surface area contributed by atoms with Gasteiger partial charge in [0.15, 0.2) is 18.1 Å². The summed E-state index contributed by atoms with van der Waals surface area (Å²) >= 11 is 0. The van der Waals surface area contributed by atoms with Crippen molar-refractivity contribution in [3.8, 4) is 11.5 Å². The average molecular weight is 313 g/mol. The summed E-state index contributed by atoms with van der Waals surface area (Å²) in [4.78, 5) is 12.1. The van der Waals surface area contributed by atoms with E-state index < -0.39 is 0 Å². The summed E-state index contributed by atoms with van der Waals surface area (Å²) in [6, 6.07) is 13.4. The zero-order valence-corrected chi connectivity index (χ0v) is 14.1. The third-order valence-corrected chi connectivity index (χ3v) is 3.70. The zero-order chi connectivity index (χ0) is 16.8. The number of aryl methyl sites for hydroxylation is 2. The summed E-state index contributed by atoms with van der Waals surface area (Å²) in [5, 5.41) is 2.96. The molecule has 0 fully saturated rings. The molecule has 0 saturated carbocycles. The Labute approximate surface area is 137 Å². The molecule has 0 saturated heterocycles. The summed E-state index contributed by atoms with van der Waals surface area (Å²) < 4.78 is 10.7. The van der Waals surface area contributed by atoms with Crippen molar-refractivity contribution in [1.29, 1.82) is 0 Å². The van der Waals surface area contributed by atoms with Crippen LogP contribution in [0.2, 0.25) is 0 Å². The van der Waals surface area contributed by atoms with Crippen LogP contribution in [0, 0.1) is 13.8 Å². The van der Waals surface area contributed by atoms with E-state index in [4.69, 9.17) is 9.47 Å². The number of hydrogen-bond donors (Lipinski definition) is 1. The minimum absolute atomic E-state index is 0.0460. The average Bonchev–Trinajstić information content (AvgIpc) is 2.53. The van der Waals surface area contributed by atoms with Crippen LogP contribution in [-0.2, 0) is 4.79 Å². The van der Waals surface area contributed by atoms with Crippen molar-refractivity contribution >= 4 is 5.91 Å². The molecule has 0 aliphatic rings. The van der Waals surface area contributed by atoms with E-state index in [-0.39, 0.29) is 18.6 Å². The van der Waals surface area contributed by atoms with Gasteiger partial charge in [-0.15, -0.1) is 0 Å². The molecule has 4 nitrogen and oxygen atoms in total. The highest BCUT2D eigenvalue weighted by Crippen LogP contribution is 2.25. The monoisotopic (exact) mass is 313 g/mol. The molecule has 0 radical (unpaired) electrons. The lowest BCUT2D eigenvalue weighted by atomic mass is 10.0. The molecule has 1 amide bonds. The number of para-hydroxylation sites is 2. The molecule has 1 N–H and O–H groups in total. The van der Waals surface area contributed by atoms with E-state index >= 15 is 0 Å². The van der Waals surface area contributed by atoms with Crippen LogP contribution >= 0.6 is 0 Å². The minimum Gasteiger partial charge on any atom is -0.493 e. The minimum atomic E-state index is -0.164. The number of carbonyl (C=O) groups excluding carboxylic acids is 1. The highest BCUT2D eigenvalue weighted by molar-refractivity contribution is 5.78. The lowest BCUT2D eigenvalue weighted by Gasteiger charge is -2.17. The first-order valence-electron chi connectivity index (χ1n) is 7.63. The number of ether oxygens (including phenoxy) is 2. The van der Waals surface area contributed by atoms with E-state index in [2.05, 4.69) is 37.4 Å². The Morgan fingerprint density at radius 2 is 1.83 bits per heavy atom. The molecule has 23 heavy (non-hydrogen) atoms. The fourth-order valence-electron chi connectivity index (χ4n) is 2.55. The molecular formula is C19H23NO3. The predicted octanol–water partition coefficient (Wildman–Crippen LogP) is 3.57. The largest absolute Gasteiger partial charge is 0.493 e. The molecular weight excluding hydrogens is 290 g/mol. The second kappa shape index (κ2) is 7.68. The van der Waals surface area contributed by atoms with Crippen LogP contribution in [0.25, 0.3) is 0 Å². The fourth-order valence-corrected chi connectivity index (χ4v) is 2.55. The molecule has 2 aromatic rings. The second-order valence-corrected chi connectivity index (χ2v) is 5.59. The SMILES string of the molecule is COc1ccccc1OCC(=O)N[C@@H](C)c1ccc(C)cc1C. The van der Waals surface area contributed by atoms with E-state index in [9.17, 15) is 4.79 Å². The van der Waals surface area contributed by atoms with Gasteiger partial charge in [-0.1, -0.05) is 35.9 Å². The van der Waals surface area contributed by atoms with Crippen molar-refractivity contribution in [3.05, 3.63) is 59.2 Å². The Morgan fingerprint density at radius 3 is 2.48 bits per heavy atom. The standard InChI is InChI=1S/C19H23NO3/c1-13-9-10-16(14(2)11-13)15(3)20-19(21)12-23-18-8-6-5-7-17(18)22-4/h5-11,15H,12H2,1-4H3,(H,20,21)/t15-/m0/s1. The summed E-state index contributed by atoms with van der Waals surface area (Å²) in [6.45, 7) is 6.03. The number of nitrogens with one attached hydrogen (secondary N) is 1. The first kappa shape index (κ1) is 16.9. The summed E-state index contributed by atoms with van der Waals surface area (Å²) in [5.74, 6) is 1.01. The highest BCUT2D eigenvalue weighted by Gasteiger charge is 2.13. The van der Waals surface area contributed by atoms with Crippen molar-refractivity contribution in [2.75, 3.05) is 13.7 Å². The number of carbonyl (C=O) groups is 1. The summed E-state index contributed by atoms with van der Waals surface area (Å²) in [6.07, 6.45) is 0. The quantitative estimate of drug-likeness (QED) is 0.887. The van der Waals surface area contributed by atoms with Gasteiger partial charge < -0.3 is 14.8 Å². The number of hydrogen-bond acceptors (Lipinski definition) is 3.